The first-order valence-corrected chi connectivity index (χ1v) is 10.7. The van der Waals surface area contributed by atoms with Gasteiger partial charge >= 0.3 is 6.10 Å². The first-order chi connectivity index (χ1) is 14.8. The zero-order valence-electron chi connectivity index (χ0n) is 17.0. The van der Waals surface area contributed by atoms with Gasteiger partial charge in [-0.15, -0.1) is 0 Å². The van der Waals surface area contributed by atoms with Crippen molar-refractivity contribution in [3.05, 3.63) is 53.3 Å². The van der Waals surface area contributed by atoms with E-state index in [1.807, 2.05) is 12.1 Å². The standard InChI is InChI=1S/C21H21FN2O5.CH4S/c22-14-7-5-12(6-8-14)19-18(20(25)24-21(26,27)28)15-10-13-4-2-1-3-9-23-16(13)11-17(15)29-19;1-2/h5-8,10-11,23,26-28H,1-4,9H2,(H,24,25);2H,1H3. The molecule has 0 aliphatic carbocycles. The van der Waals surface area contributed by atoms with E-state index in [2.05, 4.69) is 17.9 Å². The maximum absolute atomic E-state index is 13.4. The molecule has 4 rings (SSSR count). The molecule has 5 N–H and O–H groups in total. The van der Waals surface area contributed by atoms with E-state index < -0.39 is 17.8 Å². The third kappa shape index (κ3) is 5.37. The Morgan fingerprint density at radius 2 is 1.84 bits per heavy atom. The van der Waals surface area contributed by atoms with Crippen LogP contribution in [0.4, 0.5) is 10.1 Å². The molecule has 0 saturated heterocycles. The number of furan rings is 1. The monoisotopic (exact) mass is 448 g/mol. The third-order valence-corrected chi connectivity index (χ3v) is 4.97. The van der Waals surface area contributed by atoms with E-state index in [-0.39, 0.29) is 11.3 Å². The number of hydrogen-bond acceptors (Lipinski definition) is 7. The number of hydrogen-bond donors (Lipinski definition) is 6. The van der Waals surface area contributed by atoms with E-state index in [0.717, 1.165) is 43.5 Å². The predicted molar refractivity (Wildman–Crippen MR) is 119 cm³/mol. The van der Waals surface area contributed by atoms with Gasteiger partial charge in [0.15, 0.2) is 0 Å². The fourth-order valence-corrected chi connectivity index (χ4v) is 3.64. The van der Waals surface area contributed by atoms with Crippen LogP contribution in [0.15, 0.2) is 40.8 Å². The molecule has 0 atom stereocenters. The van der Waals surface area contributed by atoms with Crippen LogP contribution in [-0.2, 0) is 6.42 Å². The third-order valence-electron chi connectivity index (χ3n) is 4.97. The Balaban J connectivity index is 0.00000132. The second-order valence-electron chi connectivity index (χ2n) is 7.15. The number of aryl methyl sites for hydroxylation is 1. The highest BCUT2D eigenvalue weighted by atomic mass is 32.1. The molecular formula is C22H25FN2O5S. The molecule has 7 nitrogen and oxygen atoms in total. The van der Waals surface area contributed by atoms with Gasteiger partial charge in [0.05, 0.1) is 5.56 Å². The Morgan fingerprint density at radius 1 is 1.13 bits per heavy atom. The van der Waals surface area contributed by atoms with Crippen molar-refractivity contribution in [3.8, 4) is 11.3 Å². The van der Waals surface area contributed by atoms with Crippen molar-refractivity contribution in [2.45, 2.75) is 31.8 Å². The molecule has 1 aliphatic heterocycles. The molecule has 31 heavy (non-hydrogen) atoms. The van der Waals surface area contributed by atoms with Crippen molar-refractivity contribution in [1.29, 1.82) is 0 Å². The van der Waals surface area contributed by atoms with Crippen molar-refractivity contribution in [3.63, 3.8) is 0 Å². The Labute approximate surface area is 184 Å². The number of anilines is 1. The Bertz CT molecular complexity index is 1060. The number of halogens is 1. The minimum absolute atomic E-state index is 0.0259. The van der Waals surface area contributed by atoms with E-state index in [4.69, 9.17) is 4.42 Å². The molecule has 0 bridgehead atoms. The van der Waals surface area contributed by atoms with E-state index in [1.165, 1.54) is 24.3 Å². The first kappa shape index (κ1) is 23.1. The molecule has 1 aromatic heterocycles. The van der Waals surface area contributed by atoms with Gasteiger partial charge in [-0.3, -0.25) is 10.1 Å². The summed E-state index contributed by atoms with van der Waals surface area (Å²) in [5.41, 5.74) is 2.82. The molecule has 0 spiro atoms. The fourth-order valence-electron chi connectivity index (χ4n) is 3.64. The number of carbonyl (C=O) groups excluding carboxylic acids is 1. The minimum atomic E-state index is -3.38. The molecule has 1 amide bonds. The lowest BCUT2D eigenvalue weighted by atomic mass is 9.98. The number of aliphatic hydroxyl groups is 3. The number of nitrogens with one attached hydrogen (secondary N) is 2. The highest BCUT2D eigenvalue weighted by Gasteiger charge is 2.29. The summed E-state index contributed by atoms with van der Waals surface area (Å²) in [6, 6.07) is 9.04. The van der Waals surface area contributed by atoms with E-state index in [9.17, 15) is 24.5 Å². The Morgan fingerprint density at radius 3 is 2.52 bits per heavy atom. The lowest BCUT2D eigenvalue weighted by molar-refractivity contribution is -0.323. The van der Waals surface area contributed by atoms with Gasteiger partial charge in [-0.05, 0) is 61.4 Å². The summed E-state index contributed by atoms with van der Waals surface area (Å²) in [5, 5.41) is 33.2. The maximum atomic E-state index is 13.4. The maximum Gasteiger partial charge on any atom is 0.369 e. The summed E-state index contributed by atoms with van der Waals surface area (Å²) < 4.78 is 19.3. The highest BCUT2D eigenvalue weighted by Crippen LogP contribution is 2.37. The summed E-state index contributed by atoms with van der Waals surface area (Å²) in [5.74, 6) is -1.24. The van der Waals surface area contributed by atoms with E-state index in [1.54, 1.807) is 11.6 Å². The number of carbonyl (C=O) groups is 1. The average molecular weight is 449 g/mol. The summed E-state index contributed by atoms with van der Waals surface area (Å²) in [6.07, 6.45) is 2.30. The molecule has 3 aromatic rings. The number of amides is 1. The average Bonchev–Trinajstić information content (AvgIpc) is 3.07. The van der Waals surface area contributed by atoms with Crippen LogP contribution < -0.4 is 10.6 Å². The normalized spacial score (nSPS) is 13.9. The lowest BCUT2D eigenvalue weighted by Gasteiger charge is -2.17. The summed E-state index contributed by atoms with van der Waals surface area (Å²) in [7, 11) is 0. The van der Waals surface area contributed by atoms with Crippen LogP contribution in [0, 0.1) is 5.82 Å². The van der Waals surface area contributed by atoms with E-state index in [0.29, 0.717) is 16.5 Å². The van der Waals surface area contributed by atoms with Crippen LogP contribution in [0.1, 0.15) is 35.2 Å². The van der Waals surface area contributed by atoms with Gasteiger partial charge in [0.25, 0.3) is 5.91 Å². The zero-order valence-corrected chi connectivity index (χ0v) is 17.9. The van der Waals surface area contributed by atoms with Crippen LogP contribution in [0.5, 0.6) is 0 Å². The van der Waals surface area contributed by atoms with Gasteiger partial charge in [-0.2, -0.15) is 12.6 Å². The Hall–Kier alpha value is -2.59. The van der Waals surface area contributed by atoms with Crippen LogP contribution in [0.25, 0.3) is 22.3 Å². The Kier molecular flexibility index (Phi) is 7.22. The molecule has 2 aromatic carbocycles. The van der Waals surface area contributed by atoms with Crippen molar-refractivity contribution in [2.75, 3.05) is 18.1 Å². The smallest absolute Gasteiger partial charge is 0.369 e. The molecule has 1 aliphatic rings. The number of benzene rings is 2. The van der Waals surface area contributed by atoms with Gasteiger partial charge in [-0.25, -0.2) is 4.39 Å². The predicted octanol–water partition coefficient (Wildman–Crippen LogP) is 3.24. The van der Waals surface area contributed by atoms with Crippen molar-refractivity contribution in [2.24, 2.45) is 0 Å². The molecule has 0 unspecified atom stereocenters. The lowest BCUT2D eigenvalue weighted by Crippen LogP contribution is -2.48. The molecule has 0 saturated carbocycles. The SMILES string of the molecule is CS.O=C(NC(O)(O)O)c1c(-c2ccc(F)cc2)oc2cc3c(cc12)CCCCCN3. The van der Waals surface area contributed by atoms with Crippen molar-refractivity contribution < 1.29 is 28.9 Å². The van der Waals surface area contributed by atoms with Gasteiger partial charge in [0.2, 0.25) is 0 Å². The van der Waals surface area contributed by atoms with Crippen molar-refractivity contribution >= 4 is 35.2 Å². The van der Waals surface area contributed by atoms with Gasteiger partial charge in [-0.1, -0.05) is 6.42 Å². The first-order valence-electron chi connectivity index (χ1n) is 9.85. The number of rotatable bonds is 3. The second-order valence-corrected chi connectivity index (χ2v) is 7.15. The summed E-state index contributed by atoms with van der Waals surface area (Å²) >= 11 is 3.53. The number of fused-ring (bicyclic) bond motifs is 2. The molecule has 166 valence electrons. The second kappa shape index (κ2) is 9.69. The van der Waals surface area contributed by atoms with Crippen LogP contribution in [-0.4, -0.2) is 40.1 Å². The fraction of sp³-hybridized carbons (Fsp3) is 0.318. The molecule has 0 fully saturated rings. The summed E-state index contributed by atoms with van der Waals surface area (Å²) in [4.78, 5) is 12.7. The molecule has 2 heterocycles. The number of thiol groups is 1. The molecule has 9 heteroatoms. The molecule has 0 radical (unpaired) electrons. The quantitative estimate of drug-likeness (QED) is 0.271. The van der Waals surface area contributed by atoms with Crippen molar-refractivity contribution in [1.82, 2.24) is 5.32 Å². The van der Waals surface area contributed by atoms with Gasteiger partial charge in [0.1, 0.15) is 17.2 Å². The van der Waals surface area contributed by atoms with Gasteiger partial charge < -0.3 is 25.1 Å². The topological polar surface area (TPSA) is 115 Å². The zero-order chi connectivity index (χ0) is 22.6. The largest absolute Gasteiger partial charge is 0.455 e. The summed E-state index contributed by atoms with van der Waals surface area (Å²) in [6.45, 7) is 0.833. The van der Waals surface area contributed by atoms with Crippen LogP contribution in [0.2, 0.25) is 0 Å². The van der Waals surface area contributed by atoms with Crippen LogP contribution in [0.3, 0.4) is 0 Å². The van der Waals surface area contributed by atoms with Gasteiger partial charge in [0, 0.05) is 29.2 Å². The molecular weight excluding hydrogens is 423 g/mol. The van der Waals surface area contributed by atoms with E-state index >= 15 is 0 Å². The minimum Gasteiger partial charge on any atom is -0.455 e. The van der Waals surface area contributed by atoms with Crippen LogP contribution >= 0.6 is 12.6 Å². The highest BCUT2D eigenvalue weighted by molar-refractivity contribution is 7.79.